The topological polar surface area (TPSA) is 103 Å². The molecule has 4 N–H and O–H groups in total. The highest BCUT2D eigenvalue weighted by Crippen LogP contribution is 2.50. The molecule has 0 aromatic heterocycles. The van der Waals surface area contributed by atoms with Gasteiger partial charge in [0.25, 0.3) is 0 Å². The molecule has 1 amide bonds. The second-order valence-corrected chi connectivity index (χ2v) is 12.7. The molecule has 7 nitrogen and oxygen atoms in total. The fourth-order valence-electron chi connectivity index (χ4n) is 5.69. The molecule has 4 rings (SSSR count). The number of anilines is 1. The number of hydrogen-bond acceptors (Lipinski definition) is 6. The molecule has 3 aromatic carbocycles. The van der Waals surface area contributed by atoms with Gasteiger partial charge in [0.2, 0.25) is 5.91 Å². The first-order valence-electron chi connectivity index (χ1n) is 13.6. The number of carbonyl (C=O) groups is 2. The number of nitrogens with two attached hydrogens (primary N) is 1. The molecule has 0 spiro atoms. The first-order valence-corrected chi connectivity index (χ1v) is 14.3. The Hall–Kier alpha value is -3.45. The van der Waals surface area contributed by atoms with Crippen LogP contribution in [-0.2, 0) is 15.1 Å². The van der Waals surface area contributed by atoms with Crippen LogP contribution in [0.4, 0.5) is 27.6 Å². The van der Waals surface area contributed by atoms with Crippen LogP contribution in [0, 0.1) is 17.0 Å². The molecule has 1 aliphatic heterocycles. The third-order valence-corrected chi connectivity index (χ3v) is 8.03. The lowest BCUT2D eigenvalue weighted by molar-refractivity contribution is -0.274. The van der Waals surface area contributed by atoms with Gasteiger partial charge in [-0.05, 0) is 53.8 Å². The molecular formula is C31H30Cl2F5N3O4. The van der Waals surface area contributed by atoms with Crippen LogP contribution in [0.2, 0.25) is 10.0 Å². The lowest BCUT2D eigenvalue weighted by Crippen LogP contribution is -2.52. The van der Waals surface area contributed by atoms with Gasteiger partial charge in [-0.2, -0.15) is 0 Å². The van der Waals surface area contributed by atoms with Gasteiger partial charge >= 0.3 is 12.3 Å². The summed E-state index contributed by atoms with van der Waals surface area (Å²) in [4.78, 5) is 26.0. The van der Waals surface area contributed by atoms with E-state index in [-0.39, 0.29) is 33.2 Å². The molecule has 4 atom stereocenters. The highest BCUT2D eigenvalue weighted by atomic mass is 35.5. The summed E-state index contributed by atoms with van der Waals surface area (Å²) in [6.07, 6.45) is -4.94. The predicted molar refractivity (Wildman–Crippen MR) is 159 cm³/mol. The van der Waals surface area contributed by atoms with Gasteiger partial charge in [-0.1, -0.05) is 62.2 Å². The van der Waals surface area contributed by atoms with E-state index in [1.165, 1.54) is 30.3 Å². The van der Waals surface area contributed by atoms with Crippen molar-refractivity contribution in [3.63, 3.8) is 0 Å². The third-order valence-electron chi connectivity index (χ3n) is 7.50. The maximum absolute atomic E-state index is 15.8. The van der Waals surface area contributed by atoms with Crippen molar-refractivity contribution < 1.29 is 41.0 Å². The first-order chi connectivity index (χ1) is 20.9. The van der Waals surface area contributed by atoms with Crippen molar-refractivity contribution in [1.82, 2.24) is 5.32 Å². The van der Waals surface area contributed by atoms with E-state index < -0.39 is 70.3 Å². The van der Waals surface area contributed by atoms with Crippen LogP contribution in [0.15, 0.2) is 54.6 Å². The molecule has 242 valence electrons. The molecule has 0 saturated carbocycles. The monoisotopic (exact) mass is 673 g/mol. The van der Waals surface area contributed by atoms with Crippen LogP contribution in [0.1, 0.15) is 54.6 Å². The zero-order chi connectivity index (χ0) is 33.5. The Morgan fingerprint density at radius 2 is 1.73 bits per heavy atom. The van der Waals surface area contributed by atoms with Gasteiger partial charge in [-0.3, -0.25) is 4.79 Å². The number of ether oxygens (including phenoxy) is 2. The zero-order valence-electron chi connectivity index (χ0n) is 24.5. The predicted octanol–water partition coefficient (Wildman–Crippen LogP) is 7.31. The minimum Gasteiger partial charge on any atom is -0.465 e. The van der Waals surface area contributed by atoms with E-state index in [4.69, 9.17) is 28.9 Å². The van der Waals surface area contributed by atoms with Gasteiger partial charge in [0.05, 0.1) is 35.0 Å². The maximum Gasteiger partial charge on any atom is 0.573 e. The van der Waals surface area contributed by atoms with Crippen molar-refractivity contribution in [2.75, 3.05) is 12.4 Å². The molecule has 1 heterocycles. The Labute approximate surface area is 266 Å². The van der Waals surface area contributed by atoms with E-state index in [0.717, 1.165) is 31.4 Å². The highest BCUT2D eigenvalue weighted by Gasteiger charge is 2.58. The van der Waals surface area contributed by atoms with Crippen molar-refractivity contribution in [2.45, 2.75) is 57.1 Å². The lowest BCUT2D eigenvalue weighted by Gasteiger charge is -2.40. The number of rotatable bonds is 7. The molecule has 0 unspecified atom stereocenters. The van der Waals surface area contributed by atoms with Crippen molar-refractivity contribution in [2.24, 2.45) is 11.1 Å². The molecule has 0 bridgehead atoms. The summed E-state index contributed by atoms with van der Waals surface area (Å²) in [7, 11) is 1.04. The average molecular weight is 674 g/mol. The van der Waals surface area contributed by atoms with E-state index in [9.17, 15) is 22.8 Å². The summed E-state index contributed by atoms with van der Waals surface area (Å²) in [6.45, 7) is 5.66. The normalized spacial score (nSPS) is 21.8. The van der Waals surface area contributed by atoms with Gasteiger partial charge < -0.3 is 25.8 Å². The van der Waals surface area contributed by atoms with Crippen LogP contribution in [0.25, 0.3) is 0 Å². The molecule has 3 aromatic rings. The molecule has 1 fully saturated rings. The number of benzene rings is 3. The maximum atomic E-state index is 15.8. The van der Waals surface area contributed by atoms with Gasteiger partial charge in [0.1, 0.15) is 11.6 Å². The second-order valence-electron chi connectivity index (χ2n) is 11.9. The Kier molecular flexibility index (Phi) is 9.75. The average Bonchev–Trinajstić information content (AvgIpc) is 3.20. The Morgan fingerprint density at radius 3 is 2.33 bits per heavy atom. The van der Waals surface area contributed by atoms with E-state index in [1.807, 2.05) is 20.8 Å². The number of methoxy groups -OCH3 is 1. The fourth-order valence-corrected chi connectivity index (χ4v) is 6.03. The fraction of sp³-hybridized carbons (Fsp3) is 0.355. The van der Waals surface area contributed by atoms with Gasteiger partial charge in [-0.15, -0.1) is 13.2 Å². The van der Waals surface area contributed by atoms with E-state index in [2.05, 4.69) is 20.1 Å². The smallest absolute Gasteiger partial charge is 0.465 e. The SMILES string of the molecule is COC(=O)c1ccc(NC(=O)[C@@H]2N[C@@H](CC(C)(C)C)[C@](N)(c3ccc(Cl)cc3F)[C@H]2c2cccc(Cl)c2F)c(OC(F)(F)F)c1. The van der Waals surface area contributed by atoms with Crippen LogP contribution in [0.3, 0.4) is 0 Å². The standard InChI is InChI=1S/C31H30Cl2F5N3O4/c1-29(2,3)14-23-30(39,18-10-9-16(32)13-20(18)34)24(17-6-5-7-19(33)25(17)35)26(41-23)27(42)40-21-11-8-15(28(43)44-4)12-22(21)45-31(36,37)38/h5-13,23-24,26,41H,14,39H2,1-4H3,(H,40,42)/t23-,24-,26+,30+/m0/s1. The van der Waals surface area contributed by atoms with Crippen molar-refractivity contribution in [1.29, 1.82) is 0 Å². The van der Waals surface area contributed by atoms with Crippen molar-refractivity contribution in [3.8, 4) is 5.75 Å². The number of esters is 1. The molecule has 45 heavy (non-hydrogen) atoms. The number of halogens is 7. The summed E-state index contributed by atoms with van der Waals surface area (Å²) >= 11 is 12.2. The summed E-state index contributed by atoms with van der Waals surface area (Å²) in [5.74, 6) is -5.86. The summed E-state index contributed by atoms with van der Waals surface area (Å²) in [6, 6.07) is 8.47. The van der Waals surface area contributed by atoms with Crippen molar-refractivity contribution >= 4 is 40.8 Å². The van der Waals surface area contributed by atoms with E-state index in [0.29, 0.717) is 0 Å². The van der Waals surface area contributed by atoms with Crippen LogP contribution >= 0.6 is 23.2 Å². The highest BCUT2D eigenvalue weighted by molar-refractivity contribution is 6.31. The van der Waals surface area contributed by atoms with Crippen LogP contribution < -0.4 is 21.1 Å². The largest absolute Gasteiger partial charge is 0.573 e. The lowest BCUT2D eigenvalue weighted by atomic mass is 9.68. The Bertz CT molecular complexity index is 1620. The first kappa shape index (κ1) is 34.4. The van der Waals surface area contributed by atoms with E-state index in [1.54, 1.807) is 0 Å². The summed E-state index contributed by atoms with van der Waals surface area (Å²) in [5.41, 5.74) is 3.92. The van der Waals surface area contributed by atoms with Crippen LogP contribution in [-0.4, -0.2) is 37.4 Å². The minimum absolute atomic E-state index is 0.0724. The van der Waals surface area contributed by atoms with Crippen LogP contribution in [0.5, 0.6) is 5.75 Å². The molecular weight excluding hydrogens is 644 g/mol. The number of amides is 1. The quantitative estimate of drug-likeness (QED) is 0.180. The molecule has 14 heteroatoms. The number of nitrogens with one attached hydrogen (secondary N) is 2. The number of carbonyl (C=O) groups excluding carboxylic acids is 2. The van der Waals surface area contributed by atoms with E-state index >= 15 is 8.78 Å². The van der Waals surface area contributed by atoms with Gasteiger partial charge in [0.15, 0.2) is 5.75 Å². The molecule has 1 aliphatic rings. The third kappa shape index (κ3) is 7.35. The summed E-state index contributed by atoms with van der Waals surface area (Å²) < 4.78 is 80.1. The Morgan fingerprint density at radius 1 is 1.04 bits per heavy atom. The summed E-state index contributed by atoms with van der Waals surface area (Å²) in [5, 5.41) is 5.29. The zero-order valence-corrected chi connectivity index (χ0v) is 26.0. The molecule has 1 saturated heterocycles. The second kappa shape index (κ2) is 12.7. The van der Waals surface area contributed by atoms with Gasteiger partial charge in [-0.25, -0.2) is 13.6 Å². The molecule has 0 aliphatic carbocycles. The number of hydrogen-bond donors (Lipinski definition) is 3. The van der Waals surface area contributed by atoms with Crippen molar-refractivity contribution in [3.05, 3.63) is 93.0 Å². The number of alkyl halides is 3. The van der Waals surface area contributed by atoms with Gasteiger partial charge in [0, 0.05) is 22.5 Å². The minimum atomic E-state index is -5.19. The molecule has 0 radical (unpaired) electrons. The Balaban J connectivity index is 1.89.